The van der Waals surface area contributed by atoms with Gasteiger partial charge in [-0.15, -0.1) is 0 Å². The maximum Gasteiger partial charge on any atom is 0.0496 e. The van der Waals surface area contributed by atoms with Crippen LogP contribution >= 0.6 is 0 Å². The molecule has 0 aromatic heterocycles. The second-order valence-electron chi connectivity index (χ2n) is 5.52. The zero-order chi connectivity index (χ0) is 11.8. The molecular formula is C14H30OSi. The summed E-state index contributed by atoms with van der Waals surface area (Å²) in [5, 5.41) is 0. The molecule has 0 amide bonds. The van der Waals surface area contributed by atoms with Crippen LogP contribution in [-0.2, 0) is 4.74 Å². The maximum atomic E-state index is 5.68. The Hall–Kier alpha value is 0.177. The Labute approximate surface area is 105 Å². The molecule has 2 heteroatoms. The molecule has 1 rings (SSSR count). The zero-order valence-corrected chi connectivity index (χ0v) is 13.5. The molecule has 0 saturated carbocycles. The average Bonchev–Trinajstić information content (AvgIpc) is 2.35. The Kier molecular flexibility index (Phi) is 7.38. The van der Waals surface area contributed by atoms with Gasteiger partial charge >= 0.3 is 0 Å². The van der Waals surface area contributed by atoms with E-state index in [9.17, 15) is 0 Å². The molecule has 16 heavy (non-hydrogen) atoms. The number of rotatable bonds is 7. The Morgan fingerprint density at radius 2 is 2.12 bits per heavy atom. The van der Waals surface area contributed by atoms with Gasteiger partial charge in [0.05, 0.1) is 0 Å². The summed E-state index contributed by atoms with van der Waals surface area (Å²) in [5.74, 6) is 1.86. The molecule has 3 atom stereocenters. The van der Waals surface area contributed by atoms with Crippen molar-refractivity contribution in [2.75, 3.05) is 13.2 Å². The van der Waals surface area contributed by atoms with Crippen LogP contribution in [0.3, 0.4) is 0 Å². The summed E-state index contributed by atoms with van der Waals surface area (Å²) in [7, 11) is 1.37. The van der Waals surface area contributed by atoms with Gasteiger partial charge in [0.25, 0.3) is 0 Å². The summed E-state index contributed by atoms with van der Waals surface area (Å²) in [6, 6.07) is 0. The molecule has 0 aromatic rings. The fraction of sp³-hybridized carbons (Fsp3) is 1.00. The lowest BCUT2D eigenvalue weighted by Gasteiger charge is -2.34. The van der Waals surface area contributed by atoms with Crippen LogP contribution in [0.2, 0.25) is 5.54 Å². The first kappa shape index (κ1) is 14.2. The van der Waals surface area contributed by atoms with Crippen LogP contribution in [0.15, 0.2) is 0 Å². The largest absolute Gasteiger partial charge is 0.381 e. The molecule has 1 aliphatic rings. The minimum absolute atomic E-state index is 0.882. The van der Waals surface area contributed by atoms with Gasteiger partial charge in [-0.05, 0) is 24.7 Å². The predicted octanol–water partition coefficient (Wildman–Crippen LogP) is 3.17. The van der Waals surface area contributed by atoms with Crippen LogP contribution in [0.25, 0.3) is 0 Å². The lowest BCUT2D eigenvalue weighted by atomic mass is 9.81. The van der Waals surface area contributed by atoms with Crippen LogP contribution < -0.4 is 0 Å². The van der Waals surface area contributed by atoms with E-state index in [1.807, 2.05) is 0 Å². The van der Waals surface area contributed by atoms with Crippen molar-refractivity contribution in [1.82, 2.24) is 0 Å². The topological polar surface area (TPSA) is 9.23 Å². The van der Waals surface area contributed by atoms with Crippen molar-refractivity contribution in [2.24, 2.45) is 11.8 Å². The van der Waals surface area contributed by atoms with E-state index in [0.29, 0.717) is 0 Å². The molecular weight excluding hydrogens is 212 g/mol. The summed E-state index contributed by atoms with van der Waals surface area (Å²) in [6.07, 6.45) is 9.79. The van der Waals surface area contributed by atoms with Gasteiger partial charge in [0.1, 0.15) is 0 Å². The van der Waals surface area contributed by atoms with Crippen LogP contribution in [0.5, 0.6) is 0 Å². The quantitative estimate of drug-likeness (QED) is 0.492. The third-order valence-corrected chi connectivity index (χ3v) is 5.99. The molecule has 1 fully saturated rings. The van der Waals surface area contributed by atoms with Crippen molar-refractivity contribution in [3.05, 3.63) is 0 Å². The summed E-state index contributed by atoms with van der Waals surface area (Å²) >= 11 is 0. The van der Waals surface area contributed by atoms with E-state index < -0.39 is 0 Å². The lowest BCUT2D eigenvalue weighted by molar-refractivity contribution is 0.0263. The van der Waals surface area contributed by atoms with Crippen molar-refractivity contribution < 1.29 is 4.74 Å². The first-order chi connectivity index (χ1) is 7.79. The lowest BCUT2D eigenvalue weighted by Crippen LogP contribution is -2.28. The number of ether oxygens (including phenoxy) is 1. The van der Waals surface area contributed by atoms with Crippen LogP contribution in [0.4, 0.5) is 0 Å². The number of hydrogen-bond donors (Lipinski definition) is 0. The van der Waals surface area contributed by atoms with Gasteiger partial charge in [0.15, 0.2) is 0 Å². The van der Waals surface area contributed by atoms with Crippen molar-refractivity contribution in [2.45, 2.75) is 64.3 Å². The van der Waals surface area contributed by atoms with Crippen LogP contribution in [-0.4, -0.2) is 23.5 Å². The third kappa shape index (κ3) is 4.58. The van der Waals surface area contributed by atoms with E-state index in [4.69, 9.17) is 4.74 Å². The Balaban J connectivity index is 2.41. The summed E-state index contributed by atoms with van der Waals surface area (Å²) in [5.41, 5.74) is 1.02. The van der Waals surface area contributed by atoms with Crippen molar-refractivity contribution in [3.8, 4) is 0 Å². The standard InChI is InChI=1S/C14H30OSi/c1-3-5-6-9-13(14(16)4-2)12-8-7-10-15-11-12/h12-14H,3-11H2,1-2,16H3. The highest BCUT2D eigenvalue weighted by molar-refractivity contribution is 6.11. The Morgan fingerprint density at radius 3 is 2.69 bits per heavy atom. The molecule has 0 bridgehead atoms. The molecule has 0 N–H and O–H groups in total. The molecule has 96 valence electrons. The fourth-order valence-electron chi connectivity index (χ4n) is 3.02. The van der Waals surface area contributed by atoms with Gasteiger partial charge < -0.3 is 4.74 Å². The SMILES string of the molecule is CCCCCC(C([SiH3])CC)C1CCCOC1. The highest BCUT2D eigenvalue weighted by atomic mass is 28.1. The average molecular weight is 242 g/mol. The summed E-state index contributed by atoms with van der Waals surface area (Å²) in [4.78, 5) is 0. The minimum atomic E-state index is 0.882. The first-order valence-corrected chi connectivity index (χ1v) is 8.52. The molecule has 0 aromatic carbocycles. The summed E-state index contributed by atoms with van der Waals surface area (Å²) < 4.78 is 5.68. The van der Waals surface area contributed by atoms with E-state index in [-0.39, 0.29) is 0 Å². The van der Waals surface area contributed by atoms with Gasteiger partial charge in [-0.1, -0.05) is 51.5 Å². The van der Waals surface area contributed by atoms with Gasteiger partial charge in [0, 0.05) is 23.5 Å². The molecule has 3 unspecified atom stereocenters. The van der Waals surface area contributed by atoms with E-state index in [1.54, 1.807) is 0 Å². The highest BCUT2D eigenvalue weighted by Crippen LogP contribution is 2.35. The van der Waals surface area contributed by atoms with Gasteiger partial charge in [0.2, 0.25) is 0 Å². The molecule has 1 aliphatic heterocycles. The van der Waals surface area contributed by atoms with E-state index >= 15 is 0 Å². The van der Waals surface area contributed by atoms with Crippen molar-refractivity contribution in [3.63, 3.8) is 0 Å². The Bertz CT molecular complexity index is 166. The van der Waals surface area contributed by atoms with E-state index in [0.717, 1.165) is 30.6 Å². The van der Waals surface area contributed by atoms with E-state index in [1.165, 1.54) is 55.2 Å². The molecule has 0 radical (unpaired) electrons. The molecule has 1 saturated heterocycles. The predicted molar refractivity (Wildman–Crippen MR) is 75.2 cm³/mol. The monoisotopic (exact) mass is 242 g/mol. The van der Waals surface area contributed by atoms with Gasteiger partial charge in [-0.3, -0.25) is 0 Å². The maximum absolute atomic E-state index is 5.68. The molecule has 0 spiro atoms. The van der Waals surface area contributed by atoms with Gasteiger partial charge in [-0.2, -0.15) is 0 Å². The highest BCUT2D eigenvalue weighted by Gasteiger charge is 2.27. The van der Waals surface area contributed by atoms with Crippen LogP contribution in [0, 0.1) is 11.8 Å². The number of hydrogen-bond acceptors (Lipinski definition) is 1. The molecule has 1 nitrogen and oxygen atoms in total. The second kappa shape index (κ2) is 8.29. The van der Waals surface area contributed by atoms with Crippen LogP contribution in [0.1, 0.15) is 58.8 Å². The van der Waals surface area contributed by atoms with E-state index in [2.05, 4.69) is 13.8 Å². The van der Waals surface area contributed by atoms with Crippen molar-refractivity contribution in [1.29, 1.82) is 0 Å². The normalized spacial score (nSPS) is 25.5. The van der Waals surface area contributed by atoms with Gasteiger partial charge in [-0.25, -0.2) is 0 Å². The smallest absolute Gasteiger partial charge is 0.0496 e. The zero-order valence-electron chi connectivity index (χ0n) is 11.5. The Morgan fingerprint density at radius 1 is 1.31 bits per heavy atom. The first-order valence-electron chi connectivity index (χ1n) is 7.37. The summed E-state index contributed by atoms with van der Waals surface area (Å²) in [6.45, 7) is 6.73. The number of unbranched alkanes of at least 4 members (excludes halogenated alkanes) is 2. The van der Waals surface area contributed by atoms with Crippen molar-refractivity contribution >= 4 is 10.2 Å². The third-order valence-electron chi connectivity index (χ3n) is 4.32. The molecule has 1 heterocycles. The second-order valence-corrected chi connectivity index (χ2v) is 7.01. The fourth-order valence-corrected chi connectivity index (χ4v) is 3.90. The minimum Gasteiger partial charge on any atom is -0.381 e. The molecule has 0 aliphatic carbocycles.